The molecule has 4 aromatic heterocycles. The second kappa shape index (κ2) is 8.55. The summed E-state index contributed by atoms with van der Waals surface area (Å²) in [6, 6.07) is 13.5. The Kier molecular flexibility index (Phi) is 5.18. The molecule has 0 fully saturated rings. The maximum atomic E-state index is 13.3. The van der Waals surface area contributed by atoms with E-state index < -0.39 is 0 Å². The molecule has 184 valence electrons. The van der Waals surface area contributed by atoms with E-state index in [4.69, 9.17) is 5.73 Å². The molecule has 0 bridgehead atoms. The number of carbonyl (C=O) groups is 1. The molecule has 6 aromatic rings. The number of nitrogen functional groups attached to an aromatic ring is 1. The third kappa shape index (κ3) is 4.05. The van der Waals surface area contributed by atoms with Crippen molar-refractivity contribution in [1.29, 1.82) is 0 Å². The molecule has 6 rings (SSSR count). The number of amides is 1. The number of rotatable bonds is 5. The van der Waals surface area contributed by atoms with E-state index in [1.807, 2.05) is 32.2 Å². The molecular weight excluding hydrogens is 473 g/mol. The van der Waals surface area contributed by atoms with E-state index in [-0.39, 0.29) is 23.7 Å². The number of nitrogens with one attached hydrogen (secondary N) is 1. The second-order valence-electron chi connectivity index (χ2n) is 8.80. The molecule has 0 aliphatic heterocycles. The molecule has 0 aliphatic carbocycles. The van der Waals surface area contributed by atoms with Gasteiger partial charge in [0.25, 0.3) is 5.91 Å². The number of nitrogens with zero attached hydrogens (tertiary/aromatic N) is 7. The fraction of sp³-hybridized carbons (Fsp3) is 0.115. The van der Waals surface area contributed by atoms with Crippen LogP contribution >= 0.6 is 0 Å². The minimum absolute atomic E-state index is 0.134. The minimum atomic E-state index is -0.292. The maximum absolute atomic E-state index is 13.3. The van der Waals surface area contributed by atoms with Gasteiger partial charge in [0.15, 0.2) is 5.65 Å². The Morgan fingerprint density at radius 2 is 1.89 bits per heavy atom. The molecule has 1 atom stereocenters. The van der Waals surface area contributed by atoms with Gasteiger partial charge in [-0.15, -0.1) is 5.10 Å². The largest absolute Gasteiger partial charge is 0.366 e. The molecule has 0 radical (unpaired) electrons. The first-order valence-corrected chi connectivity index (χ1v) is 11.5. The molecule has 0 saturated heterocycles. The number of aryl methyl sites for hydroxylation is 1. The normalized spacial score (nSPS) is 12.3. The first-order chi connectivity index (χ1) is 17.9. The fourth-order valence-corrected chi connectivity index (χ4v) is 4.40. The van der Waals surface area contributed by atoms with Crippen LogP contribution in [-0.2, 0) is 7.05 Å². The van der Waals surface area contributed by atoms with Crippen LogP contribution in [0.25, 0.3) is 27.7 Å². The Morgan fingerprint density at radius 1 is 1.08 bits per heavy atom. The lowest BCUT2D eigenvalue weighted by molar-refractivity contribution is 0.102. The molecule has 0 saturated carbocycles. The quantitative estimate of drug-likeness (QED) is 0.372. The fourth-order valence-electron chi connectivity index (χ4n) is 4.40. The number of halogens is 1. The average molecular weight is 496 g/mol. The van der Waals surface area contributed by atoms with Crippen molar-refractivity contribution in [1.82, 2.24) is 34.2 Å². The summed E-state index contributed by atoms with van der Waals surface area (Å²) >= 11 is 0. The number of nitrogens with two attached hydrogens (primary N) is 1. The Labute approximate surface area is 210 Å². The Hall–Kier alpha value is -5.06. The minimum Gasteiger partial charge on any atom is -0.366 e. The molecule has 0 aliphatic rings. The second-order valence-corrected chi connectivity index (χ2v) is 8.80. The Bertz CT molecular complexity index is 1780. The van der Waals surface area contributed by atoms with E-state index in [0.29, 0.717) is 16.9 Å². The first-order valence-electron chi connectivity index (χ1n) is 11.5. The van der Waals surface area contributed by atoms with Crippen molar-refractivity contribution in [2.45, 2.75) is 13.0 Å². The summed E-state index contributed by atoms with van der Waals surface area (Å²) in [5, 5.41) is 16.7. The van der Waals surface area contributed by atoms with Crippen LogP contribution in [0.2, 0.25) is 0 Å². The number of pyridine rings is 1. The number of carbonyl (C=O) groups excluding carboxylic acids is 1. The number of fused-ring (bicyclic) bond motifs is 2. The standard InChI is InChI=1S/C26H22FN9O/c1-15(16-3-5-19(27)6-4-16)36-14-20(12-30-36)31-25(37)18-9-21(22-13-29-34(2)23(22)10-18)17-7-8-35-24(11-17)32-26(28)33-35/h3-15H,1-2H3,(H2,28,33)(H,31,37). The van der Waals surface area contributed by atoms with Gasteiger partial charge in [0.2, 0.25) is 5.95 Å². The van der Waals surface area contributed by atoms with Crippen LogP contribution in [0.1, 0.15) is 28.9 Å². The lowest BCUT2D eigenvalue weighted by atomic mass is 9.99. The highest BCUT2D eigenvalue weighted by Gasteiger charge is 2.17. The lowest BCUT2D eigenvalue weighted by Crippen LogP contribution is -2.12. The number of anilines is 2. The van der Waals surface area contributed by atoms with Crippen LogP contribution in [0.4, 0.5) is 16.0 Å². The van der Waals surface area contributed by atoms with Crippen LogP contribution in [0.15, 0.2) is 73.3 Å². The summed E-state index contributed by atoms with van der Waals surface area (Å²) in [7, 11) is 1.83. The molecule has 3 N–H and O–H groups in total. The van der Waals surface area contributed by atoms with E-state index in [9.17, 15) is 9.18 Å². The number of hydrogen-bond acceptors (Lipinski definition) is 6. The van der Waals surface area contributed by atoms with Crippen molar-refractivity contribution in [3.05, 3.63) is 90.3 Å². The summed E-state index contributed by atoms with van der Waals surface area (Å²) < 4.78 is 18.3. The smallest absolute Gasteiger partial charge is 0.255 e. The summed E-state index contributed by atoms with van der Waals surface area (Å²) in [5.74, 6) is -0.392. The zero-order valence-corrected chi connectivity index (χ0v) is 20.0. The monoisotopic (exact) mass is 495 g/mol. The van der Waals surface area contributed by atoms with Crippen molar-refractivity contribution >= 4 is 34.1 Å². The van der Waals surface area contributed by atoms with Gasteiger partial charge < -0.3 is 11.1 Å². The highest BCUT2D eigenvalue weighted by molar-refractivity contribution is 6.09. The highest BCUT2D eigenvalue weighted by atomic mass is 19.1. The van der Waals surface area contributed by atoms with Gasteiger partial charge in [-0.3, -0.25) is 14.2 Å². The highest BCUT2D eigenvalue weighted by Crippen LogP contribution is 2.31. The Balaban J connectivity index is 1.32. The maximum Gasteiger partial charge on any atom is 0.255 e. The molecular formula is C26H22FN9O. The van der Waals surface area contributed by atoms with E-state index in [1.54, 1.807) is 56.9 Å². The SMILES string of the molecule is CC(c1ccc(F)cc1)n1cc(NC(=O)c2cc(-c3ccn4nc(N)nc4c3)c3cnn(C)c3c2)cn1. The molecule has 1 unspecified atom stereocenters. The van der Waals surface area contributed by atoms with Gasteiger partial charge in [0.1, 0.15) is 5.82 Å². The molecule has 1 amide bonds. The Morgan fingerprint density at radius 3 is 2.70 bits per heavy atom. The van der Waals surface area contributed by atoms with E-state index in [1.165, 1.54) is 12.1 Å². The van der Waals surface area contributed by atoms with Crippen molar-refractivity contribution in [2.75, 3.05) is 11.1 Å². The van der Waals surface area contributed by atoms with Gasteiger partial charge in [0.05, 0.1) is 29.6 Å². The van der Waals surface area contributed by atoms with Crippen molar-refractivity contribution < 1.29 is 9.18 Å². The number of hydrogen-bond donors (Lipinski definition) is 2. The van der Waals surface area contributed by atoms with Crippen molar-refractivity contribution in [3.8, 4) is 11.1 Å². The predicted octanol–water partition coefficient (Wildman–Crippen LogP) is 4.06. The van der Waals surface area contributed by atoms with Crippen LogP contribution < -0.4 is 11.1 Å². The lowest BCUT2D eigenvalue weighted by Gasteiger charge is -2.12. The third-order valence-electron chi connectivity index (χ3n) is 6.40. The van der Waals surface area contributed by atoms with E-state index >= 15 is 0 Å². The predicted molar refractivity (Wildman–Crippen MR) is 138 cm³/mol. The van der Waals surface area contributed by atoms with Crippen LogP contribution in [-0.4, -0.2) is 40.1 Å². The molecule has 4 heterocycles. The average Bonchev–Trinajstić information content (AvgIpc) is 3.61. The summed E-state index contributed by atoms with van der Waals surface area (Å²) in [5.41, 5.74) is 10.8. The van der Waals surface area contributed by atoms with Crippen molar-refractivity contribution in [3.63, 3.8) is 0 Å². The summed E-state index contributed by atoms with van der Waals surface area (Å²) in [6.07, 6.45) is 6.89. The summed E-state index contributed by atoms with van der Waals surface area (Å²) in [6.45, 7) is 1.95. The molecule has 11 heteroatoms. The zero-order chi connectivity index (χ0) is 25.7. The summed E-state index contributed by atoms with van der Waals surface area (Å²) in [4.78, 5) is 17.6. The zero-order valence-electron chi connectivity index (χ0n) is 20.0. The molecule has 37 heavy (non-hydrogen) atoms. The number of benzene rings is 2. The van der Waals surface area contributed by atoms with Gasteiger partial charge in [-0.05, 0) is 60.0 Å². The van der Waals surface area contributed by atoms with Crippen molar-refractivity contribution in [2.24, 2.45) is 7.05 Å². The topological polar surface area (TPSA) is 121 Å². The van der Waals surface area contributed by atoms with E-state index in [2.05, 4.69) is 25.6 Å². The van der Waals surface area contributed by atoms with E-state index in [0.717, 1.165) is 27.6 Å². The number of aromatic nitrogens is 7. The van der Waals surface area contributed by atoms with Gasteiger partial charge in [-0.2, -0.15) is 15.2 Å². The van der Waals surface area contributed by atoms with Crippen LogP contribution in [0.5, 0.6) is 0 Å². The van der Waals surface area contributed by atoms with Gasteiger partial charge in [0, 0.05) is 30.4 Å². The first kappa shape index (κ1) is 22.4. The molecule has 10 nitrogen and oxygen atoms in total. The molecule has 2 aromatic carbocycles. The van der Waals surface area contributed by atoms with Crippen LogP contribution in [0.3, 0.4) is 0 Å². The molecule has 0 spiro atoms. The third-order valence-corrected chi connectivity index (χ3v) is 6.40. The van der Waals surface area contributed by atoms with Gasteiger partial charge in [-0.1, -0.05) is 12.1 Å². The van der Waals surface area contributed by atoms with Gasteiger partial charge >= 0.3 is 0 Å². The van der Waals surface area contributed by atoms with Gasteiger partial charge in [-0.25, -0.2) is 8.91 Å². The van der Waals surface area contributed by atoms with Crippen LogP contribution in [0, 0.1) is 5.82 Å².